The lowest BCUT2D eigenvalue weighted by Gasteiger charge is -2.35. The molecule has 0 spiro atoms. The van der Waals surface area contributed by atoms with Gasteiger partial charge in [-0.05, 0) is 25.0 Å². The largest absolute Gasteiger partial charge is 0.504 e. The van der Waals surface area contributed by atoms with E-state index in [1.807, 2.05) is 6.92 Å². The lowest BCUT2D eigenvalue weighted by molar-refractivity contribution is -0.386. The first-order valence-electron chi connectivity index (χ1n) is 7.19. The van der Waals surface area contributed by atoms with Gasteiger partial charge in [-0.3, -0.25) is 15.0 Å². The summed E-state index contributed by atoms with van der Waals surface area (Å²) in [6.45, 7) is 9.15. The summed E-state index contributed by atoms with van der Waals surface area (Å²) in [6, 6.07) is 2.63. The van der Waals surface area contributed by atoms with Gasteiger partial charge in [-0.1, -0.05) is 5.57 Å². The van der Waals surface area contributed by atoms with Crippen molar-refractivity contribution in [3.05, 3.63) is 40.0 Å². The van der Waals surface area contributed by atoms with Crippen LogP contribution in [0.2, 0.25) is 0 Å². The van der Waals surface area contributed by atoms with E-state index in [1.165, 1.54) is 12.1 Å². The van der Waals surface area contributed by atoms with E-state index in [-0.39, 0.29) is 6.04 Å². The number of phenolic OH excluding ortho intramolecular Hbond substituents is 2. The summed E-state index contributed by atoms with van der Waals surface area (Å²) in [7, 11) is 0. The minimum Gasteiger partial charge on any atom is -0.504 e. The molecule has 1 aliphatic heterocycles. The minimum atomic E-state index is -0.692. The standard InChI is InChI=1S/C15H21N3O4/c1-10(2)7-12(17-5-3-16-4-6-17)11-8-13(18(21)22)15(20)14(19)9-11/h8-9,12,16,19-20H,1,3-7H2,2H3/t12-/m1/s1. The van der Waals surface area contributed by atoms with Gasteiger partial charge >= 0.3 is 5.69 Å². The van der Waals surface area contributed by atoms with E-state index in [0.717, 1.165) is 31.8 Å². The van der Waals surface area contributed by atoms with Crippen molar-refractivity contribution < 1.29 is 15.1 Å². The zero-order valence-corrected chi connectivity index (χ0v) is 12.6. The van der Waals surface area contributed by atoms with Crippen LogP contribution in [0.1, 0.15) is 24.9 Å². The first-order chi connectivity index (χ1) is 10.4. The van der Waals surface area contributed by atoms with E-state index in [9.17, 15) is 20.3 Å². The van der Waals surface area contributed by atoms with Crippen LogP contribution in [0.25, 0.3) is 0 Å². The highest BCUT2D eigenvalue weighted by Gasteiger charge is 2.27. The number of aromatic hydroxyl groups is 2. The number of benzene rings is 1. The molecule has 1 aliphatic rings. The molecule has 7 heteroatoms. The van der Waals surface area contributed by atoms with Gasteiger partial charge in [-0.15, -0.1) is 6.58 Å². The van der Waals surface area contributed by atoms with Crippen molar-refractivity contribution in [2.24, 2.45) is 0 Å². The van der Waals surface area contributed by atoms with E-state index in [0.29, 0.717) is 12.0 Å². The van der Waals surface area contributed by atoms with Crippen LogP contribution in [0.5, 0.6) is 11.5 Å². The predicted octanol–water partition coefficient (Wildman–Crippen LogP) is 1.92. The Hall–Kier alpha value is -2.12. The van der Waals surface area contributed by atoms with Gasteiger partial charge in [0.2, 0.25) is 5.75 Å². The van der Waals surface area contributed by atoms with Crippen LogP contribution in [0.4, 0.5) is 5.69 Å². The molecular weight excluding hydrogens is 286 g/mol. The topological polar surface area (TPSA) is 98.9 Å². The SMILES string of the molecule is C=C(C)C[C@H](c1cc(O)c(O)c([N+](=O)[O-])c1)N1CCNCC1. The summed E-state index contributed by atoms with van der Waals surface area (Å²) in [5, 5.41) is 33.7. The number of nitrogens with zero attached hydrogens (tertiary/aromatic N) is 2. The Labute approximate surface area is 129 Å². The third kappa shape index (κ3) is 3.55. The van der Waals surface area contributed by atoms with Crippen molar-refractivity contribution in [1.82, 2.24) is 10.2 Å². The Morgan fingerprint density at radius 1 is 1.45 bits per heavy atom. The zero-order chi connectivity index (χ0) is 16.3. The van der Waals surface area contributed by atoms with Crippen molar-refractivity contribution in [2.75, 3.05) is 26.2 Å². The Morgan fingerprint density at radius 2 is 2.09 bits per heavy atom. The molecule has 0 bridgehead atoms. The molecular formula is C15H21N3O4. The highest BCUT2D eigenvalue weighted by atomic mass is 16.6. The summed E-state index contributed by atoms with van der Waals surface area (Å²) in [6.07, 6.45) is 0.640. The number of nitro benzene ring substituents is 1. The maximum Gasteiger partial charge on any atom is 0.314 e. The average molecular weight is 307 g/mol. The van der Waals surface area contributed by atoms with Crippen LogP contribution < -0.4 is 5.32 Å². The van der Waals surface area contributed by atoms with Crippen LogP contribution in [0.15, 0.2) is 24.3 Å². The van der Waals surface area contributed by atoms with Crippen LogP contribution in [-0.2, 0) is 0 Å². The molecule has 2 rings (SSSR count). The molecule has 0 amide bonds. The van der Waals surface area contributed by atoms with Gasteiger partial charge < -0.3 is 15.5 Å². The van der Waals surface area contributed by atoms with Crippen LogP contribution in [0.3, 0.4) is 0 Å². The lowest BCUT2D eigenvalue weighted by Crippen LogP contribution is -2.45. The van der Waals surface area contributed by atoms with Crippen molar-refractivity contribution in [3.8, 4) is 11.5 Å². The molecule has 0 saturated carbocycles. The second kappa shape index (κ2) is 6.76. The number of piperazine rings is 1. The summed E-state index contributed by atoms with van der Waals surface area (Å²) >= 11 is 0. The van der Waals surface area contributed by atoms with Gasteiger partial charge in [0.25, 0.3) is 0 Å². The summed E-state index contributed by atoms with van der Waals surface area (Å²) in [4.78, 5) is 12.6. The van der Waals surface area contributed by atoms with E-state index in [4.69, 9.17) is 0 Å². The smallest absolute Gasteiger partial charge is 0.314 e. The molecule has 1 fully saturated rings. The highest BCUT2D eigenvalue weighted by molar-refractivity contribution is 5.57. The monoisotopic (exact) mass is 307 g/mol. The molecule has 120 valence electrons. The molecule has 0 aromatic heterocycles. The third-order valence-corrected chi connectivity index (χ3v) is 3.81. The number of phenols is 2. The molecule has 1 saturated heterocycles. The van der Waals surface area contributed by atoms with E-state index in [2.05, 4.69) is 16.8 Å². The van der Waals surface area contributed by atoms with Crippen LogP contribution in [0, 0.1) is 10.1 Å². The molecule has 7 nitrogen and oxygen atoms in total. The van der Waals surface area contributed by atoms with E-state index >= 15 is 0 Å². The van der Waals surface area contributed by atoms with E-state index < -0.39 is 22.1 Å². The second-order valence-electron chi connectivity index (χ2n) is 5.63. The fourth-order valence-corrected chi connectivity index (χ4v) is 2.74. The van der Waals surface area contributed by atoms with Crippen molar-refractivity contribution in [1.29, 1.82) is 0 Å². The van der Waals surface area contributed by atoms with E-state index in [1.54, 1.807) is 0 Å². The van der Waals surface area contributed by atoms with Gasteiger partial charge in [0.15, 0.2) is 5.75 Å². The zero-order valence-electron chi connectivity index (χ0n) is 12.6. The minimum absolute atomic E-state index is 0.107. The summed E-state index contributed by atoms with van der Waals surface area (Å²) < 4.78 is 0. The van der Waals surface area contributed by atoms with Crippen LogP contribution >= 0.6 is 0 Å². The molecule has 0 unspecified atom stereocenters. The molecule has 0 radical (unpaired) electrons. The van der Waals surface area contributed by atoms with Gasteiger partial charge in [-0.2, -0.15) is 0 Å². The number of hydrogen-bond acceptors (Lipinski definition) is 6. The molecule has 1 aromatic carbocycles. The fraction of sp³-hybridized carbons (Fsp3) is 0.467. The van der Waals surface area contributed by atoms with Crippen molar-refractivity contribution in [3.63, 3.8) is 0 Å². The van der Waals surface area contributed by atoms with Crippen LogP contribution in [-0.4, -0.2) is 46.2 Å². The molecule has 1 atom stereocenters. The number of rotatable bonds is 5. The first kappa shape index (κ1) is 16.3. The van der Waals surface area contributed by atoms with Gasteiger partial charge in [0.1, 0.15) is 0 Å². The number of nitrogens with one attached hydrogen (secondary N) is 1. The van der Waals surface area contributed by atoms with Gasteiger partial charge in [0, 0.05) is 38.3 Å². The second-order valence-corrected chi connectivity index (χ2v) is 5.63. The van der Waals surface area contributed by atoms with Gasteiger partial charge in [0.05, 0.1) is 4.92 Å². The van der Waals surface area contributed by atoms with Gasteiger partial charge in [-0.25, -0.2) is 0 Å². The number of hydrogen-bond donors (Lipinski definition) is 3. The highest BCUT2D eigenvalue weighted by Crippen LogP contribution is 2.40. The molecule has 0 aliphatic carbocycles. The Morgan fingerprint density at radius 3 is 2.64 bits per heavy atom. The summed E-state index contributed by atoms with van der Waals surface area (Å²) in [5.41, 5.74) is 1.10. The number of nitro groups is 1. The molecule has 3 N–H and O–H groups in total. The molecule has 1 aromatic rings. The van der Waals surface area contributed by atoms with Crippen molar-refractivity contribution >= 4 is 5.69 Å². The lowest BCUT2D eigenvalue weighted by atomic mass is 9.97. The Kier molecular flexibility index (Phi) is 4.99. The predicted molar refractivity (Wildman–Crippen MR) is 83.0 cm³/mol. The maximum absolute atomic E-state index is 11.0. The quantitative estimate of drug-likeness (QED) is 0.333. The first-order valence-corrected chi connectivity index (χ1v) is 7.19. The Bertz CT molecular complexity index is 582. The van der Waals surface area contributed by atoms with Crippen molar-refractivity contribution in [2.45, 2.75) is 19.4 Å². The average Bonchev–Trinajstić information content (AvgIpc) is 2.48. The molecule has 22 heavy (non-hydrogen) atoms. The normalized spacial score (nSPS) is 17.1. The third-order valence-electron chi connectivity index (χ3n) is 3.81. The maximum atomic E-state index is 11.0. The summed E-state index contributed by atoms with van der Waals surface area (Å²) in [5.74, 6) is -1.16. The fourth-order valence-electron chi connectivity index (χ4n) is 2.74. The molecule has 1 heterocycles. The Balaban J connectivity index is 2.42.